The molecule has 1 aliphatic rings. The first kappa shape index (κ1) is 8.97. The Morgan fingerprint density at radius 3 is 2.55 bits per heavy atom. The van der Waals surface area contributed by atoms with Crippen molar-refractivity contribution in [3.05, 3.63) is 0 Å². The van der Waals surface area contributed by atoms with Crippen LogP contribution < -0.4 is 5.32 Å². The minimum atomic E-state index is -0.258. The van der Waals surface area contributed by atoms with Crippen molar-refractivity contribution in [1.82, 2.24) is 5.32 Å². The van der Waals surface area contributed by atoms with Crippen molar-refractivity contribution < 1.29 is 9.84 Å². The largest absolute Gasteiger partial charge is 0.391 e. The summed E-state index contributed by atoms with van der Waals surface area (Å²) in [5.74, 6) is 0. The van der Waals surface area contributed by atoms with Crippen LogP contribution in [0.15, 0.2) is 0 Å². The van der Waals surface area contributed by atoms with Gasteiger partial charge in [-0.25, -0.2) is 0 Å². The van der Waals surface area contributed by atoms with Crippen molar-refractivity contribution >= 4 is 0 Å². The molecule has 11 heavy (non-hydrogen) atoms. The van der Waals surface area contributed by atoms with E-state index in [1.807, 2.05) is 7.05 Å². The summed E-state index contributed by atoms with van der Waals surface area (Å²) >= 11 is 0. The molecule has 1 atom stereocenters. The topological polar surface area (TPSA) is 41.5 Å². The fourth-order valence-corrected chi connectivity index (χ4v) is 1.41. The Morgan fingerprint density at radius 2 is 2.27 bits per heavy atom. The van der Waals surface area contributed by atoms with Gasteiger partial charge in [-0.15, -0.1) is 0 Å². The monoisotopic (exact) mass is 159 g/mol. The summed E-state index contributed by atoms with van der Waals surface area (Å²) in [6, 6.07) is 0. The maximum Gasteiger partial charge on any atom is 0.0764 e. The summed E-state index contributed by atoms with van der Waals surface area (Å²) in [5, 5.41) is 12.6. The van der Waals surface area contributed by atoms with Gasteiger partial charge in [-0.1, -0.05) is 6.92 Å². The number of likely N-dealkylation sites (N-methyl/N-ethyl adjacent to an activating group) is 1. The zero-order chi connectivity index (χ0) is 8.32. The summed E-state index contributed by atoms with van der Waals surface area (Å²) < 4.78 is 5.11. The van der Waals surface area contributed by atoms with E-state index in [-0.39, 0.29) is 11.5 Å². The molecule has 66 valence electrons. The van der Waals surface area contributed by atoms with E-state index in [1.165, 1.54) is 0 Å². The lowest BCUT2D eigenvalue weighted by molar-refractivity contribution is -0.171. The van der Waals surface area contributed by atoms with E-state index in [9.17, 15) is 5.11 Å². The Balaban J connectivity index is 2.40. The summed E-state index contributed by atoms with van der Waals surface area (Å²) in [5.41, 5.74) is 0.0447. The summed E-state index contributed by atoms with van der Waals surface area (Å²) in [6.45, 7) is 4.19. The molecule has 0 aromatic rings. The number of aliphatic hydroxyl groups is 1. The first-order chi connectivity index (χ1) is 5.25. The van der Waals surface area contributed by atoms with Crippen LogP contribution in [0.5, 0.6) is 0 Å². The van der Waals surface area contributed by atoms with Crippen LogP contribution in [-0.4, -0.2) is 38.0 Å². The standard InChI is InChI=1S/C8H17NO2/c1-3-8(5-11-6-8)7(10)4-9-2/h7,9-10H,3-6H2,1-2H3. The van der Waals surface area contributed by atoms with Crippen molar-refractivity contribution in [2.75, 3.05) is 26.8 Å². The van der Waals surface area contributed by atoms with E-state index >= 15 is 0 Å². The van der Waals surface area contributed by atoms with Gasteiger partial charge in [-0.05, 0) is 13.5 Å². The molecule has 0 aromatic carbocycles. The Morgan fingerprint density at radius 1 is 1.64 bits per heavy atom. The van der Waals surface area contributed by atoms with E-state index in [0.717, 1.165) is 6.42 Å². The zero-order valence-corrected chi connectivity index (χ0v) is 7.26. The predicted molar refractivity (Wildman–Crippen MR) is 43.5 cm³/mol. The van der Waals surface area contributed by atoms with Crippen LogP contribution in [0.25, 0.3) is 0 Å². The minimum Gasteiger partial charge on any atom is -0.391 e. The van der Waals surface area contributed by atoms with Gasteiger partial charge in [0.2, 0.25) is 0 Å². The van der Waals surface area contributed by atoms with Gasteiger partial charge in [-0.3, -0.25) is 0 Å². The van der Waals surface area contributed by atoms with Crippen LogP contribution in [0.3, 0.4) is 0 Å². The van der Waals surface area contributed by atoms with Crippen LogP contribution in [0.4, 0.5) is 0 Å². The van der Waals surface area contributed by atoms with E-state index in [4.69, 9.17) is 4.74 Å². The highest BCUT2D eigenvalue weighted by Gasteiger charge is 2.42. The normalized spacial score (nSPS) is 24.3. The van der Waals surface area contributed by atoms with Gasteiger partial charge in [0.25, 0.3) is 0 Å². The molecule has 1 rings (SSSR count). The molecule has 0 bridgehead atoms. The first-order valence-corrected chi connectivity index (χ1v) is 4.15. The van der Waals surface area contributed by atoms with Crippen molar-refractivity contribution in [3.63, 3.8) is 0 Å². The van der Waals surface area contributed by atoms with E-state index in [0.29, 0.717) is 19.8 Å². The first-order valence-electron chi connectivity index (χ1n) is 4.15. The molecular formula is C8H17NO2. The summed E-state index contributed by atoms with van der Waals surface area (Å²) in [4.78, 5) is 0. The average molecular weight is 159 g/mol. The highest BCUT2D eigenvalue weighted by molar-refractivity contribution is 4.91. The maximum atomic E-state index is 9.68. The van der Waals surface area contributed by atoms with Gasteiger partial charge in [0, 0.05) is 12.0 Å². The molecule has 1 fully saturated rings. The number of rotatable bonds is 4. The molecule has 0 aliphatic carbocycles. The average Bonchev–Trinajstić information content (AvgIpc) is 1.87. The fourth-order valence-electron chi connectivity index (χ4n) is 1.41. The third kappa shape index (κ3) is 1.55. The molecule has 0 spiro atoms. The second kappa shape index (κ2) is 3.52. The van der Waals surface area contributed by atoms with E-state index < -0.39 is 0 Å². The van der Waals surface area contributed by atoms with Gasteiger partial charge in [0.05, 0.1) is 19.3 Å². The fraction of sp³-hybridized carbons (Fsp3) is 1.00. The van der Waals surface area contributed by atoms with Crippen molar-refractivity contribution in [2.24, 2.45) is 5.41 Å². The number of hydrogen-bond acceptors (Lipinski definition) is 3. The van der Waals surface area contributed by atoms with Crippen LogP contribution in [0, 0.1) is 5.41 Å². The highest BCUT2D eigenvalue weighted by atomic mass is 16.5. The van der Waals surface area contributed by atoms with Crippen molar-refractivity contribution in [3.8, 4) is 0 Å². The van der Waals surface area contributed by atoms with E-state index in [2.05, 4.69) is 12.2 Å². The SMILES string of the molecule is CCC1(C(O)CNC)COC1. The Labute approximate surface area is 67.7 Å². The van der Waals surface area contributed by atoms with Crippen LogP contribution >= 0.6 is 0 Å². The molecule has 0 aromatic heterocycles. The van der Waals surface area contributed by atoms with Gasteiger partial charge < -0.3 is 15.2 Å². The molecule has 0 radical (unpaired) electrons. The number of hydrogen-bond donors (Lipinski definition) is 2. The van der Waals surface area contributed by atoms with Crippen molar-refractivity contribution in [2.45, 2.75) is 19.4 Å². The molecule has 3 nitrogen and oxygen atoms in total. The minimum absolute atomic E-state index is 0.0447. The smallest absolute Gasteiger partial charge is 0.0764 e. The van der Waals surface area contributed by atoms with Gasteiger partial charge in [-0.2, -0.15) is 0 Å². The molecule has 1 aliphatic heterocycles. The quantitative estimate of drug-likeness (QED) is 0.606. The third-order valence-electron chi connectivity index (χ3n) is 2.59. The van der Waals surface area contributed by atoms with Crippen LogP contribution in [-0.2, 0) is 4.74 Å². The molecule has 0 saturated carbocycles. The number of ether oxygens (including phenoxy) is 1. The molecule has 0 amide bonds. The molecule has 3 heteroatoms. The lowest BCUT2D eigenvalue weighted by atomic mass is 9.77. The van der Waals surface area contributed by atoms with Crippen LogP contribution in [0.2, 0.25) is 0 Å². The van der Waals surface area contributed by atoms with E-state index in [1.54, 1.807) is 0 Å². The summed E-state index contributed by atoms with van der Waals surface area (Å²) in [6.07, 6.45) is 0.738. The Hall–Kier alpha value is -0.120. The molecule has 1 saturated heterocycles. The number of aliphatic hydroxyl groups excluding tert-OH is 1. The molecule has 1 heterocycles. The van der Waals surface area contributed by atoms with Gasteiger partial charge in [0.15, 0.2) is 0 Å². The number of nitrogens with one attached hydrogen (secondary N) is 1. The summed E-state index contributed by atoms with van der Waals surface area (Å²) in [7, 11) is 1.85. The Kier molecular flexibility index (Phi) is 2.87. The molecule has 2 N–H and O–H groups in total. The molecule has 1 unspecified atom stereocenters. The lowest BCUT2D eigenvalue weighted by Crippen LogP contribution is -2.53. The predicted octanol–water partition coefficient (Wildman–Crippen LogP) is -0.00670. The van der Waals surface area contributed by atoms with Crippen LogP contribution in [0.1, 0.15) is 13.3 Å². The third-order valence-corrected chi connectivity index (χ3v) is 2.59. The second-order valence-corrected chi connectivity index (χ2v) is 3.28. The zero-order valence-electron chi connectivity index (χ0n) is 7.26. The molecular weight excluding hydrogens is 142 g/mol. The second-order valence-electron chi connectivity index (χ2n) is 3.28. The Bertz CT molecular complexity index is 118. The lowest BCUT2D eigenvalue weighted by Gasteiger charge is -2.44. The van der Waals surface area contributed by atoms with Crippen molar-refractivity contribution in [1.29, 1.82) is 0 Å². The van der Waals surface area contributed by atoms with Gasteiger partial charge in [0.1, 0.15) is 0 Å². The maximum absolute atomic E-state index is 9.68. The van der Waals surface area contributed by atoms with Gasteiger partial charge >= 0.3 is 0 Å². The highest BCUT2D eigenvalue weighted by Crippen LogP contribution is 2.34.